The average molecular weight is 310 g/mol. The molecule has 1 aliphatic rings. The van der Waals surface area contributed by atoms with E-state index in [1.54, 1.807) is 4.90 Å². The molecule has 1 amide bonds. The fourth-order valence-electron chi connectivity index (χ4n) is 1.66. The Morgan fingerprint density at radius 1 is 1.56 bits per heavy atom. The maximum Gasteiger partial charge on any atom is 0.410 e. The molecular weight excluding hydrogens is 290 g/mol. The van der Waals surface area contributed by atoms with Gasteiger partial charge in [0.15, 0.2) is 0 Å². The second kappa shape index (κ2) is 5.63. The fourth-order valence-corrected chi connectivity index (χ4v) is 2.92. The molecule has 0 N–H and O–H groups in total. The first-order valence-electron chi connectivity index (χ1n) is 5.55. The molecule has 5 heteroatoms. The van der Waals surface area contributed by atoms with Gasteiger partial charge in [-0.05, 0) is 33.1 Å². The van der Waals surface area contributed by atoms with Crippen molar-refractivity contribution >= 4 is 34.7 Å². The van der Waals surface area contributed by atoms with Gasteiger partial charge in [0.2, 0.25) is 0 Å². The maximum atomic E-state index is 11.8. The van der Waals surface area contributed by atoms with Crippen molar-refractivity contribution in [1.29, 1.82) is 0 Å². The van der Waals surface area contributed by atoms with E-state index in [4.69, 9.17) is 4.74 Å². The molecule has 0 aromatic carbocycles. The second-order valence-corrected chi connectivity index (χ2v) is 6.51. The first-order chi connectivity index (χ1) is 7.33. The lowest BCUT2D eigenvalue weighted by molar-refractivity contribution is 0.0183. The molecular formula is C11H20BrNO2S. The van der Waals surface area contributed by atoms with Gasteiger partial charge in [0.1, 0.15) is 5.60 Å². The van der Waals surface area contributed by atoms with Gasteiger partial charge in [-0.25, -0.2) is 4.79 Å². The van der Waals surface area contributed by atoms with Gasteiger partial charge >= 0.3 is 6.09 Å². The monoisotopic (exact) mass is 309 g/mol. The topological polar surface area (TPSA) is 29.5 Å². The molecule has 2 atom stereocenters. The highest BCUT2D eigenvalue weighted by atomic mass is 79.9. The minimum Gasteiger partial charge on any atom is -0.444 e. The number of thiol groups is 1. The molecule has 0 saturated carbocycles. The van der Waals surface area contributed by atoms with Crippen molar-refractivity contribution < 1.29 is 9.53 Å². The van der Waals surface area contributed by atoms with E-state index in [1.165, 1.54) is 0 Å². The number of halogens is 1. The lowest BCUT2D eigenvalue weighted by Crippen LogP contribution is -2.46. The van der Waals surface area contributed by atoms with E-state index in [1.807, 2.05) is 20.8 Å². The number of piperidine rings is 1. The molecule has 1 saturated heterocycles. The highest BCUT2D eigenvalue weighted by Crippen LogP contribution is 2.24. The zero-order valence-electron chi connectivity index (χ0n) is 10.1. The van der Waals surface area contributed by atoms with Crippen LogP contribution in [0.2, 0.25) is 0 Å². The lowest BCUT2D eigenvalue weighted by atomic mass is 10.00. The molecule has 16 heavy (non-hydrogen) atoms. The molecule has 1 rings (SSSR count). The van der Waals surface area contributed by atoms with Crippen LogP contribution in [-0.2, 0) is 4.74 Å². The van der Waals surface area contributed by atoms with Crippen molar-refractivity contribution in [2.45, 2.75) is 38.0 Å². The number of likely N-dealkylation sites (tertiary alicyclic amines) is 1. The van der Waals surface area contributed by atoms with Crippen LogP contribution in [0.4, 0.5) is 4.79 Å². The van der Waals surface area contributed by atoms with E-state index in [2.05, 4.69) is 28.6 Å². The summed E-state index contributed by atoms with van der Waals surface area (Å²) in [6, 6.07) is 0. The Labute approximate surface area is 111 Å². The van der Waals surface area contributed by atoms with Gasteiger partial charge in [-0.15, -0.1) is 0 Å². The Balaban J connectivity index is 2.52. The van der Waals surface area contributed by atoms with E-state index in [0.717, 1.165) is 24.8 Å². The zero-order valence-corrected chi connectivity index (χ0v) is 12.6. The highest BCUT2D eigenvalue weighted by molar-refractivity contribution is 9.09. The molecule has 94 valence electrons. The number of carbonyl (C=O) groups excluding carboxylic acids is 1. The molecule has 0 bridgehead atoms. The zero-order chi connectivity index (χ0) is 12.3. The molecule has 2 unspecified atom stereocenters. The van der Waals surface area contributed by atoms with Gasteiger partial charge in [-0.3, -0.25) is 0 Å². The van der Waals surface area contributed by atoms with Crippen molar-refractivity contribution in [3.05, 3.63) is 0 Å². The molecule has 0 spiro atoms. The third-order valence-corrected chi connectivity index (χ3v) is 4.06. The SMILES string of the molecule is CC(C)(C)OC(=O)N1CCC(S)C(CBr)C1. The van der Waals surface area contributed by atoms with Crippen molar-refractivity contribution in [3.63, 3.8) is 0 Å². The number of alkyl halides is 1. The van der Waals surface area contributed by atoms with Crippen molar-refractivity contribution in [3.8, 4) is 0 Å². The van der Waals surface area contributed by atoms with E-state index in [0.29, 0.717) is 11.2 Å². The van der Waals surface area contributed by atoms with Gasteiger partial charge < -0.3 is 9.64 Å². The molecule has 0 aromatic heterocycles. The Bertz CT molecular complexity index is 255. The van der Waals surface area contributed by atoms with Crippen molar-refractivity contribution in [2.24, 2.45) is 5.92 Å². The summed E-state index contributed by atoms with van der Waals surface area (Å²) in [5, 5.41) is 1.25. The Morgan fingerprint density at radius 2 is 2.19 bits per heavy atom. The highest BCUT2D eigenvalue weighted by Gasteiger charge is 2.31. The third-order valence-electron chi connectivity index (χ3n) is 2.54. The van der Waals surface area contributed by atoms with Crippen LogP contribution in [0.1, 0.15) is 27.2 Å². The van der Waals surface area contributed by atoms with E-state index in [-0.39, 0.29) is 6.09 Å². The van der Waals surface area contributed by atoms with Gasteiger partial charge in [0.05, 0.1) is 0 Å². The Morgan fingerprint density at radius 3 is 2.69 bits per heavy atom. The summed E-state index contributed by atoms with van der Waals surface area (Å²) < 4.78 is 5.35. The quantitative estimate of drug-likeness (QED) is 0.596. The number of amides is 1. The molecule has 1 fully saturated rings. The number of rotatable bonds is 1. The first-order valence-corrected chi connectivity index (χ1v) is 7.19. The van der Waals surface area contributed by atoms with Gasteiger partial charge in [0, 0.05) is 23.7 Å². The van der Waals surface area contributed by atoms with Crippen LogP contribution in [0, 0.1) is 5.92 Å². The van der Waals surface area contributed by atoms with Gasteiger partial charge in [-0.2, -0.15) is 12.6 Å². The summed E-state index contributed by atoms with van der Waals surface area (Å²) in [5.41, 5.74) is -0.418. The number of carbonyl (C=O) groups is 1. The molecule has 3 nitrogen and oxygen atoms in total. The normalized spacial score (nSPS) is 26.7. The number of hydrogen-bond donors (Lipinski definition) is 1. The maximum absolute atomic E-state index is 11.8. The van der Waals surface area contributed by atoms with Crippen LogP contribution in [0.15, 0.2) is 0 Å². The molecule has 1 aliphatic heterocycles. The van der Waals surface area contributed by atoms with E-state index >= 15 is 0 Å². The molecule has 1 heterocycles. The second-order valence-electron chi connectivity index (χ2n) is 5.20. The van der Waals surface area contributed by atoms with Crippen LogP contribution in [0.25, 0.3) is 0 Å². The largest absolute Gasteiger partial charge is 0.444 e. The summed E-state index contributed by atoms with van der Waals surface area (Å²) in [5.74, 6) is 0.407. The summed E-state index contributed by atoms with van der Waals surface area (Å²) in [4.78, 5) is 13.6. The number of hydrogen-bond acceptors (Lipinski definition) is 3. The number of nitrogens with zero attached hydrogens (tertiary/aromatic N) is 1. The first kappa shape index (κ1) is 14.2. The molecule has 0 radical (unpaired) electrons. The van der Waals surface area contributed by atoms with Gasteiger partial charge in [-0.1, -0.05) is 15.9 Å². The standard InChI is InChI=1S/C11H20BrNO2S/c1-11(2,3)15-10(14)13-5-4-9(16)8(6-12)7-13/h8-9,16H,4-7H2,1-3H3. The van der Waals surface area contributed by atoms with Crippen molar-refractivity contribution in [2.75, 3.05) is 18.4 Å². The van der Waals surface area contributed by atoms with Crippen molar-refractivity contribution in [1.82, 2.24) is 4.90 Å². The van der Waals surface area contributed by atoms with E-state index < -0.39 is 5.60 Å². The minimum atomic E-state index is -0.418. The van der Waals surface area contributed by atoms with Crippen LogP contribution in [0.5, 0.6) is 0 Å². The average Bonchev–Trinajstić information content (AvgIpc) is 2.15. The van der Waals surface area contributed by atoms with Crippen LogP contribution in [0.3, 0.4) is 0 Å². The van der Waals surface area contributed by atoms with Crippen LogP contribution in [-0.4, -0.2) is 40.3 Å². The fraction of sp³-hybridized carbons (Fsp3) is 0.909. The molecule has 0 aliphatic carbocycles. The Hall–Kier alpha value is 0.100. The predicted octanol–water partition coefficient (Wildman–Crippen LogP) is 2.94. The smallest absolute Gasteiger partial charge is 0.410 e. The summed E-state index contributed by atoms with van der Waals surface area (Å²) in [7, 11) is 0. The molecule has 0 aromatic rings. The number of ether oxygens (including phenoxy) is 1. The lowest BCUT2D eigenvalue weighted by Gasteiger charge is -2.36. The minimum absolute atomic E-state index is 0.210. The summed E-state index contributed by atoms with van der Waals surface area (Å²) in [6.45, 7) is 7.13. The van der Waals surface area contributed by atoms with Crippen LogP contribution < -0.4 is 0 Å². The third kappa shape index (κ3) is 4.17. The predicted molar refractivity (Wildman–Crippen MR) is 72.5 cm³/mol. The summed E-state index contributed by atoms with van der Waals surface area (Å²) >= 11 is 7.98. The van der Waals surface area contributed by atoms with E-state index in [9.17, 15) is 4.79 Å². The van der Waals surface area contributed by atoms with Crippen LogP contribution >= 0.6 is 28.6 Å². The summed E-state index contributed by atoms with van der Waals surface area (Å²) in [6.07, 6.45) is 0.720. The Kier molecular flexibility index (Phi) is 4.98. The van der Waals surface area contributed by atoms with Gasteiger partial charge in [0.25, 0.3) is 0 Å².